The number of benzene rings is 1. The summed E-state index contributed by atoms with van der Waals surface area (Å²) in [6.45, 7) is 1.85. The lowest BCUT2D eigenvalue weighted by molar-refractivity contribution is 0.151. The van der Waals surface area contributed by atoms with Crippen LogP contribution < -0.4 is 4.72 Å². The normalized spacial score (nSPS) is 21.5. The van der Waals surface area contributed by atoms with Gasteiger partial charge < -0.3 is 5.11 Å². The topological polar surface area (TPSA) is 66.4 Å². The zero-order valence-corrected chi connectivity index (χ0v) is 14.4. The number of sulfonamides is 1. The van der Waals surface area contributed by atoms with Crippen LogP contribution in [-0.4, -0.2) is 19.6 Å². The van der Waals surface area contributed by atoms with Gasteiger partial charge in [-0.2, -0.15) is 0 Å². The Morgan fingerprint density at radius 3 is 2.76 bits per heavy atom. The first kappa shape index (κ1) is 15.2. The first-order chi connectivity index (χ1) is 9.88. The number of aliphatic hydroxyl groups excluding tert-OH is 1. The van der Waals surface area contributed by atoms with E-state index in [-0.39, 0.29) is 4.21 Å². The van der Waals surface area contributed by atoms with Crippen molar-refractivity contribution in [1.82, 2.24) is 4.72 Å². The molecule has 0 spiro atoms. The second kappa shape index (κ2) is 5.48. The van der Waals surface area contributed by atoms with Gasteiger partial charge in [-0.1, -0.05) is 24.3 Å². The molecule has 0 amide bonds. The summed E-state index contributed by atoms with van der Waals surface area (Å²) >= 11 is 4.51. The van der Waals surface area contributed by atoms with Gasteiger partial charge in [0.1, 0.15) is 4.21 Å². The van der Waals surface area contributed by atoms with Crippen molar-refractivity contribution in [2.24, 2.45) is 0 Å². The maximum absolute atomic E-state index is 12.5. The largest absolute Gasteiger partial charge is 0.391 e. The number of aliphatic hydroxyl groups is 1. The van der Waals surface area contributed by atoms with Crippen molar-refractivity contribution in [3.05, 3.63) is 50.8 Å². The zero-order valence-electron chi connectivity index (χ0n) is 11.2. The van der Waals surface area contributed by atoms with E-state index in [1.54, 1.807) is 6.07 Å². The predicted molar refractivity (Wildman–Crippen MR) is 86.0 cm³/mol. The smallest absolute Gasteiger partial charge is 0.250 e. The molecule has 1 aliphatic rings. The second-order valence-corrected chi connectivity index (χ2v) is 9.40. The van der Waals surface area contributed by atoms with E-state index in [1.807, 2.05) is 31.2 Å². The number of rotatable bonds is 3. The summed E-state index contributed by atoms with van der Waals surface area (Å²) in [6.07, 6.45) is -0.266. The van der Waals surface area contributed by atoms with Crippen molar-refractivity contribution in [1.29, 1.82) is 0 Å². The Labute approximate surface area is 136 Å². The molecule has 1 aromatic carbocycles. The highest BCUT2D eigenvalue weighted by molar-refractivity contribution is 9.11. The van der Waals surface area contributed by atoms with E-state index in [0.29, 0.717) is 6.42 Å². The summed E-state index contributed by atoms with van der Waals surface area (Å²) < 4.78 is 28.6. The van der Waals surface area contributed by atoms with E-state index in [4.69, 9.17) is 0 Å². The first-order valence-electron chi connectivity index (χ1n) is 6.42. The maximum atomic E-state index is 12.5. The van der Waals surface area contributed by atoms with Crippen LogP contribution in [0.15, 0.2) is 38.3 Å². The third-order valence-electron chi connectivity index (χ3n) is 3.59. The Morgan fingerprint density at radius 1 is 1.38 bits per heavy atom. The standard InChI is InChI=1S/C14H14BrNO3S2/c1-8-6-12(20-14(8)15)21(18,19)16-13-10-5-3-2-4-9(10)7-11(13)17/h2-6,11,13,16-17H,7H2,1H3/t11-,13+/m1/s1. The van der Waals surface area contributed by atoms with E-state index in [0.717, 1.165) is 20.5 Å². The highest BCUT2D eigenvalue weighted by Gasteiger charge is 2.34. The van der Waals surface area contributed by atoms with Gasteiger partial charge in [-0.3, -0.25) is 0 Å². The molecule has 2 atom stereocenters. The van der Waals surface area contributed by atoms with Crippen molar-refractivity contribution >= 4 is 37.3 Å². The number of hydrogen-bond acceptors (Lipinski definition) is 4. The molecule has 0 aliphatic heterocycles. The molecule has 2 N–H and O–H groups in total. The molecule has 1 heterocycles. The van der Waals surface area contributed by atoms with Gasteiger partial charge in [-0.25, -0.2) is 13.1 Å². The van der Waals surface area contributed by atoms with Crippen molar-refractivity contribution in [3.63, 3.8) is 0 Å². The van der Waals surface area contributed by atoms with Crippen molar-refractivity contribution in [2.75, 3.05) is 0 Å². The Balaban J connectivity index is 1.93. The molecule has 112 valence electrons. The third kappa shape index (κ3) is 2.80. The minimum Gasteiger partial charge on any atom is -0.391 e. The highest BCUT2D eigenvalue weighted by atomic mass is 79.9. The molecule has 7 heteroatoms. The van der Waals surface area contributed by atoms with Crippen LogP contribution in [0.25, 0.3) is 0 Å². The van der Waals surface area contributed by atoms with E-state index in [2.05, 4.69) is 20.7 Å². The van der Waals surface area contributed by atoms with Crippen molar-refractivity contribution < 1.29 is 13.5 Å². The summed E-state index contributed by atoms with van der Waals surface area (Å²) in [5, 5.41) is 10.1. The first-order valence-corrected chi connectivity index (χ1v) is 9.52. The second-order valence-electron chi connectivity index (χ2n) is 5.09. The fourth-order valence-corrected chi connectivity index (χ4v) is 6.00. The van der Waals surface area contributed by atoms with Crippen molar-refractivity contribution in [3.8, 4) is 0 Å². The molecule has 0 unspecified atom stereocenters. The maximum Gasteiger partial charge on any atom is 0.250 e. The molecule has 2 aromatic rings. The monoisotopic (exact) mass is 387 g/mol. The number of halogens is 1. The average molecular weight is 388 g/mol. The lowest BCUT2D eigenvalue weighted by Gasteiger charge is -2.17. The number of aryl methyl sites for hydroxylation is 1. The van der Waals surface area contributed by atoms with E-state index < -0.39 is 22.2 Å². The number of fused-ring (bicyclic) bond motifs is 1. The molecule has 3 rings (SSSR count). The molecular weight excluding hydrogens is 374 g/mol. The fraction of sp³-hybridized carbons (Fsp3) is 0.286. The van der Waals surface area contributed by atoms with Gasteiger partial charge in [-0.15, -0.1) is 11.3 Å². The quantitative estimate of drug-likeness (QED) is 0.850. The van der Waals surface area contributed by atoms with Crippen LogP contribution >= 0.6 is 27.3 Å². The van der Waals surface area contributed by atoms with Gasteiger partial charge in [0.05, 0.1) is 15.9 Å². The van der Waals surface area contributed by atoms with Crippen LogP contribution in [0.4, 0.5) is 0 Å². The third-order valence-corrected chi connectivity index (χ3v) is 7.64. The van der Waals surface area contributed by atoms with Crippen molar-refractivity contribution in [2.45, 2.75) is 29.7 Å². The summed E-state index contributed by atoms with van der Waals surface area (Å²) in [5.41, 5.74) is 2.72. The Morgan fingerprint density at radius 2 is 2.10 bits per heavy atom. The fourth-order valence-electron chi connectivity index (χ4n) is 2.51. The van der Waals surface area contributed by atoms with Gasteiger partial charge in [0, 0.05) is 6.42 Å². The molecule has 1 aliphatic carbocycles. The van der Waals surface area contributed by atoms with Gasteiger partial charge in [0.15, 0.2) is 0 Å². The van der Waals surface area contributed by atoms with Gasteiger partial charge in [0.25, 0.3) is 10.0 Å². The van der Waals surface area contributed by atoms with E-state index >= 15 is 0 Å². The molecule has 4 nitrogen and oxygen atoms in total. The van der Waals surface area contributed by atoms with Gasteiger partial charge in [0.2, 0.25) is 0 Å². The van der Waals surface area contributed by atoms with Crippen LogP contribution in [0.2, 0.25) is 0 Å². The number of thiophene rings is 1. The van der Waals surface area contributed by atoms with E-state index in [9.17, 15) is 13.5 Å². The molecule has 0 radical (unpaired) electrons. The zero-order chi connectivity index (χ0) is 15.2. The minimum absolute atomic E-state index is 0.253. The summed E-state index contributed by atoms with van der Waals surface area (Å²) in [5.74, 6) is 0. The number of hydrogen-bond donors (Lipinski definition) is 2. The summed E-state index contributed by atoms with van der Waals surface area (Å²) in [7, 11) is -3.64. The minimum atomic E-state index is -3.64. The van der Waals surface area contributed by atoms with Crippen LogP contribution in [0, 0.1) is 6.92 Å². The van der Waals surface area contributed by atoms with Crippen LogP contribution in [-0.2, 0) is 16.4 Å². The highest BCUT2D eigenvalue weighted by Crippen LogP contribution is 2.35. The molecule has 1 aromatic heterocycles. The average Bonchev–Trinajstić information content (AvgIpc) is 2.92. The molecular formula is C14H14BrNO3S2. The lowest BCUT2D eigenvalue weighted by atomic mass is 10.1. The van der Waals surface area contributed by atoms with Crippen LogP contribution in [0.1, 0.15) is 22.7 Å². The van der Waals surface area contributed by atoms with Crippen LogP contribution in [0.5, 0.6) is 0 Å². The Kier molecular flexibility index (Phi) is 3.96. The van der Waals surface area contributed by atoms with Gasteiger partial charge >= 0.3 is 0 Å². The van der Waals surface area contributed by atoms with E-state index in [1.165, 1.54) is 11.3 Å². The molecule has 0 bridgehead atoms. The Bertz CT molecular complexity index is 766. The van der Waals surface area contributed by atoms with Gasteiger partial charge in [-0.05, 0) is 45.6 Å². The molecule has 21 heavy (non-hydrogen) atoms. The SMILES string of the molecule is Cc1cc(S(=O)(=O)N[C@H]2c3ccccc3C[C@H]2O)sc1Br. The summed E-state index contributed by atoms with van der Waals surface area (Å²) in [4.78, 5) is 0. The molecule has 0 fully saturated rings. The predicted octanol–water partition coefficient (Wildman–Crippen LogP) is 2.76. The van der Waals surface area contributed by atoms with Crippen LogP contribution in [0.3, 0.4) is 0 Å². The Hall–Kier alpha value is -0.730. The summed E-state index contributed by atoms with van der Waals surface area (Å²) in [6, 6.07) is 8.55. The molecule has 0 saturated carbocycles. The molecule has 0 saturated heterocycles. The lowest BCUT2D eigenvalue weighted by Crippen LogP contribution is -2.33. The number of nitrogens with one attached hydrogen (secondary N) is 1.